The van der Waals surface area contributed by atoms with Gasteiger partial charge in [0.2, 0.25) is 5.88 Å². The molecule has 1 aromatic heterocycles. The molecule has 0 amide bonds. The first-order valence-electron chi connectivity index (χ1n) is 10.4. The number of aromatic nitrogens is 2. The molecular weight excluding hydrogens is 438 g/mol. The highest BCUT2D eigenvalue weighted by atomic mass is 32.2. The topological polar surface area (TPSA) is 87.3 Å². The normalized spacial score (nSPS) is 11.5. The van der Waals surface area contributed by atoms with Crippen LogP contribution in [0, 0.1) is 17.0 Å². The maximum absolute atomic E-state index is 13.3. The minimum absolute atomic E-state index is 0.0169. The number of nitro groups is 1. The second-order valence-corrected chi connectivity index (χ2v) is 9.60. The first kappa shape index (κ1) is 22.5. The average molecular weight is 462 g/mol. The molecule has 4 rings (SSSR count). The van der Waals surface area contributed by atoms with Crippen LogP contribution in [-0.4, -0.2) is 20.7 Å². The SMILES string of the molecule is Cc1nn(C(C)(C)C)c(OC(=O)c2cccc3ccccc23)c1Sc1ccccc1[N+](=O)[O-]. The number of hydrogen-bond acceptors (Lipinski definition) is 6. The van der Waals surface area contributed by atoms with Gasteiger partial charge < -0.3 is 4.74 Å². The van der Waals surface area contributed by atoms with Gasteiger partial charge in [-0.3, -0.25) is 10.1 Å². The molecule has 0 aliphatic carbocycles. The largest absolute Gasteiger partial charge is 0.403 e. The van der Waals surface area contributed by atoms with E-state index >= 15 is 0 Å². The van der Waals surface area contributed by atoms with Crippen molar-refractivity contribution < 1.29 is 14.5 Å². The second kappa shape index (κ2) is 8.71. The smallest absolute Gasteiger partial charge is 0.345 e. The van der Waals surface area contributed by atoms with Gasteiger partial charge in [0, 0.05) is 6.07 Å². The van der Waals surface area contributed by atoms with Gasteiger partial charge in [0.05, 0.1) is 31.5 Å². The number of carbonyl (C=O) groups is 1. The Bertz CT molecular complexity index is 1370. The fourth-order valence-corrected chi connectivity index (χ4v) is 4.52. The lowest BCUT2D eigenvalue weighted by Crippen LogP contribution is -2.25. The van der Waals surface area contributed by atoms with Gasteiger partial charge in [-0.25, -0.2) is 9.48 Å². The average Bonchev–Trinajstić information content (AvgIpc) is 3.09. The first-order valence-corrected chi connectivity index (χ1v) is 11.2. The summed E-state index contributed by atoms with van der Waals surface area (Å²) in [6.45, 7) is 7.66. The molecule has 0 saturated carbocycles. The Kier molecular flexibility index (Phi) is 5.95. The zero-order valence-corrected chi connectivity index (χ0v) is 19.6. The third-order valence-electron chi connectivity index (χ3n) is 5.07. The van der Waals surface area contributed by atoms with E-state index in [0.717, 1.165) is 10.8 Å². The summed E-state index contributed by atoms with van der Waals surface area (Å²) in [5.74, 6) is -0.248. The minimum Gasteiger partial charge on any atom is -0.403 e. The summed E-state index contributed by atoms with van der Waals surface area (Å²) in [7, 11) is 0. The lowest BCUT2D eigenvalue weighted by Gasteiger charge is -2.22. The highest BCUT2D eigenvalue weighted by Gasteiger charge is 2.29. The quantitative estimate of drug-likeness (QED) is 0.195. The number of benzene rings is 3. The summed E-state index contributed by atoms with van der Waals surface area (Å²) in [6.07, 6.45) is 0. The number of aryl methyl sites for hydroxylation is 1. The number of ether oxygens (including phenoxy) is 1. The zero-order chi connectivity index (χ0) is 23.8. The van der Waals surface area contributed by atoms with Crippen LogP contribution in [0.5, 0.6) is 5.88 Å². The number of nitrogens with zero attached hydrogens (tertiary/aromatic N) is 3. The van der Waals surface area contributed by atoms with E-state index in [1.165, 1.54) is 17.8 Å². The molecule has 0 aliphatic rings. The van der Waals surface area contributed by atoms with Crippen LogP contribution >= 0.6 is 11.8 Å². The second-order valence-electron chi connectivity index (χ2n) is 8.55. The summed E-state index contributed by atoms with van der Waals surface area (Å²) in [4.78, 5) is 25.4. The Morgan fingerprint density at radius 1 is 1.03 bits per heavy atom. The van der Waals surface area contributed by atoms with Crippen molar-refractivity contribution >= 4 is 34.2 Å². The lowest BCUT2D eigenvalue weighted by molar-refractivity contribution is -0.387. The summed E-state index contributed by atoms with van der Waals surface area (Å²) < 4.78 is 7.62. The molecule has 0 atom stereocenters. The number of nitro benzene ring substituents is 1. The molecule has 0 aliphatic heterocycles. The fraction of sp³-hybridized carbons (Fsp3) is 0.200. The lowest BCUT2D eigenvalue weighted by atomic mass is 10.1. The van der Waals surface area contributed by atoms with E-state index in [2.05, 4.69) is 5.10 Å². The number of rotatable bonds is 5. The maximum Gasteiger partial charge on any atom is 0.345 e. The Labute approximate surface area is 195 Å². The number of fused-ring (bicyclic) bond motifs is 1. The molecule has 168 valence electrons. The molecule has 0 bridgehead atoms. The predicted molar refractivity (Wildman–Crippen MR) is 128 cm³/mol. The molecule has 0 spiro atoms. The molecule has 3 aromatic carbocycles. The summed E-state index contributed by atoms with van der Waals surface area (Å²) in [5.41, 5.74) is 0.556. The third kappa shape index (κ3) is 4.47. The molecule has 8 heteroatoms. The van der Waals surface area contributed by atoms with Crippen molar-refractivity contribution in [2.45, 2.75) is 43.0 Å². The van der Waals surface area contributed by atoms with Crippen molar-refractivity contribution in [3.63, 3.8) is 0 Å². The van der Waals surface area contributed by atoms with Gasteiger partial charge in [0.25, 0.3) is 5.69 Å². The first-order chi connectivity index (χ1) is 15.7. The number of hydrogen-bond donors (Lipinski definition) is 0. The molecule has 33 heavy (non-hydrogen) atoms. The van der Waals surface area contributed by atoms with Crippen LogP contribution in [0.15, 0.2) is 76.5 Å². The van der Waals surface area contributed by atoms with E-state index in [9.17, 15) is 14.9 Å². The van der Waals surface area contributed by atoms with Crippen LogP contribution in [0.2, 0.25) is 0 Å². The molecule has 0 fully saturated rings. The molecule has 7 nitrogen and oxygen atoms in total. The van der Waals surface area contributed by atoms with Gasteiger partial charge in [-0.05, 0) is 50.6 Å². The van der Waals surface area contributed by atoms with Crippen LogP contribution < -0.4 is 4.74 Å². The molecule has 1 heterocycles. The van der Waals surface area contributed by atoms with E-state index in [0.29, 0.717) is 21.0 Å². The van der Waals surface area contributed by atoms with Crippen molar-refractivity contribution in [3.8, 4) is 5.88 Å². The fourth-order valence-electron chi connectivity index (χ4n) is 3.50. The van der Waals surface area contributed by atoms with Gasteiger partial charge >= 0.3 is 5.97 Å². The van der Waals surface area contributed by atoms with Crippen molar-refractivity contribution in [2.24, 2.45) is 0 Å². The van der Waals surface area contributed by atoms with Crippen molar-refractivity contribution in [1.29, 1.82) is 0 Å². The molecular formula is C25H23N3O4S. The van der Waals surface area contributed by atoms with Crippen LogP contribution in [0.25, 0.3) is 10.8 Å². The Balaban J connectivity index is 1.80. The third-order valence-corrected chi connectivity index (χ3v) is 6.31. The summed E-state index contributed by atoms with van der Waals surface area (Å²) >= 11 is 1.17. The standard InChI is InChI=1S/C25H23N3O4S/c1-16-22(33-21-15-8-7-14-20(21)28(30)31)23(27(26-16)25(2,3)4)32-24(29)19-13-9-11-17-10-5-6-12-18(17)19/h5-15H,1-4H3. The Morgan fingerprint density at radius 2 is 1.70 bits per heavy atom. The summed E-state index contributed by atoms with van der Waals surface area (Å²) in [5, 5.41) is 17.9. The molecule has 0 unspecified atom stereocenters. The Hall–Kier alpha value is -3.65. The number of carbonyl (C=O) groups excluding carboxylic acids is 1. The van der Waals surface area contributed by atoms with Gasteiger partial charge in [-0.1, -0.05) is 60.3 Å². The minimum atomic E-state index is -0.512. The van der Waals surface area contributed by atoms with E-state index in [1.54, 1.807) is 35.9 Å². The van der Waals surface area contributed by atoms with Gasteiger partial charge in [0.1, 0.15) is 0 Å². The highest BCUT2D eigenvalue weighted by Crippen LogP contribution is 2.43. The number of para-hydroxylation sites is 1. The van der Waals surface area contributed by atoms with Crippen LogP contribution in [-0.2, 0) is 5.54 Å². The molecule has 4 aromatic rings. The van der Waals surface area contributed by atoms with Crippen LogP contribution in [0.4, 0.5) is 5.69 Å². The maximum atomic E-state index is 13.3. The van der Waals surface area contributed by atoms with Crippen LogP contribution in [0.1, 0.15) is 36.8 Å². The summed E-state index contributed by atoms with van der Waals surface area (Å²) in [6, 6.07) is 19.6. The molecule has 0 saturated heterocycles. The molecule has 0 radical (unpaired) electrons. The van der Waals surface area contributed by atoms with Crippen molar-refractivity contribution in [1.82, 2.24) is 9.78 Å². The van der Waals surface area contributed by atoms with Crippen LogP contribution in [0.3, 0.4) is 0 Å². The van der Waals surface area contributed by atoms with E-state index in [-0.39, 0.29) is 11.6 Å². The van der Waals surface area contributed by atoms with Gasteiger partial charge in [-0.2, -0.15) is 5.10 Å². The predicted octanol–water partition coefficient (Wildman–Crippen LogP) is 6.38. The monoisotopic (exact) mass is 461 g/mol. The van der Waals surface area contributed by atoms with E-state index in [4.69, 9.17) is 4.74 Å². The Morgan fingerprint density at radius 3 is 2.42 bits per heavy atom. The van der Waals surface area contributed by atoms with Crippen molar-refractivity contribution in [2.75, 3.05) is 0 Å². The van der Waals surface area contributed by atoms with Gasteiger partial charge in [0.15, 0.2) is 0 Å². The van der Waals surface area contributed by atoms with Crippen molar-refractivity contribution in [3.05, 3.63) is 88.1 Å². The van der Waals surface area contributed by atoms with E-state index in [1.807, 2.05) is 57.2 Å². The van der Waals surface area contributed by atoms with Gasteiger partial charge in [-0.15, -0.1) is 0 Å². The highest BCUT2D eigenvalue weighted by molar-refractivity contribution is 7.99. The zero-order valence-electron chi connectivity index (χ0n) is 18.7. The molecule has 0 N–H and O–H groups in total. The van der Waals surface area contributed by atoms with E-state index < -0.39 is 16.4 Å². The number of esters is 1.